The molecule has 0 radical (unpaired) electrons. The Balaban J connectivity index is 1.57. The lowest BCUT2D eigenvalue weighted by Gasteiger charge is -2.43. The van der Waals surface area contributed by atoms with Gasteiger partial charge in [-0.25, -0.2) is 13.2 Å². The number of nitrogens with zero attached hydrogens (tertiary/aromatic N) is 3. The van der Waals surface area contributed by atoms with E-state index < -0.39 is 102 Å². The molecule has 56 heavy (non-hydrogen) atoms. The van der Waals surface area contributed by atoms with Crippen LogP contribution >= 0.6 is 0 Å². The minimum Gasteiger partial charge on any atom is -0.459 e. The summed E-state index contributed by atoms with van der Waals surface area (Å²) in [6.45, 7) is 8.06. The van der Waals surface area contributed by atoms with Crippen molar-refractivity contribution in [3.63, 3.8) is 0 Å². The number of hydroxylamine groups is 2. The molecule has 5 rings (SSSR count). The smallest absolute Gasteiger partial charge is 0.435 e. The van der Waals surface area contributed by atoms with Crippen molar-refractivity contribution < 1.29 is 58.3 Å². The fourth-order valence-corrected chi connectivity index (χ4v) is 10.5. The number of hydrogen-bond acceptors (Lipinski definition) is 11. The molecule has 3 aromatic carbocycles. The molecule has 2 aliphatic carbocycles. The Hall–Kier alpha value is -4.75. The Labute approximate surface area is 322 Å². The minimum atomic E-state index is -5.46. The summed E-state index contributed by atoms with van der Waals surface area (Å²) in [5.41, 5.74) is -0.720. The van der Waals surface area contributed by atoms with Crippen LogP contribution in [0.2, 0.25) is 0 Å². The van der Waals surface area contributed by atoms with Crippen molar-refractivity contribution in [3.05, 3.63) is 94.0 Å². The van der Waals surface area contributed by atoms with E-state index in [4.69, 9.17) is 13.8 Å². The van der Waals surface area contributed by atoms with E-state index in [1.807, 2.05) is 19.9 Å². The number of nitro benzene ring substituents is 1. The van der Waals surface area contributed by atoms with Crippen LogP contribution in [0, 0.1) is 46.6 Å². The van der Waals surface area contributed by atoms with E-state index in [0.29, 0.717) is 24.0 Å². The first-order valence-corrected chi connectivity index (χ1v) is 20.4. The van der Waals surface area contributed by atoms with E-state index in [1.165, 1.54) is 31.2 Å². The SMILES string of the molecule is CCOC(=O)N(CC(C(=O)O[C@@H]1[C@H](N(c2cc(C)cc(C)c2)S(=O)(=O)c2ccccc2)[C@H]2CC[C@]1(C)C2(C)C)C(F)(F)F)OS(=O)(=O)c1ccc([N+](=O)[O-])cc1. The summed E-state index contributed by atoms with van der Waals surface area (Å²) < 4.78 is 117. The van der Waals surface area contributed by atoms with Crippen molar-refractivity contribution in [2.24, 2.45) is 22.7 Å². The maximum atomic E-state index is 14.9. The summed E-state index contributed by atoms with van der Waals surface area (Å²) in [5, 5.41) is 10.8. The summed E-state index contributed by atoms with van der Waals surface area (Å²) in [7, 11) is -9.58. The van der Waals surface area contributed by atoms with Gasteiger partial charge in [-0.3, -0.25) is 19.2 Å². The largest absolute Gasteiger partial charge is 0.459 e. The number of nitro groups is 1. The fourth-order valence-electron chi connectivity index (χ4n) is 7.91. The van der Waals surface area contributed by atoms with Crippen LogP contribution in [0.4, 0.5) is 29.3 Å². The number of ether oxygens (including phenoxy) is 2. The molecule has 0 saturated heterocycles. The highest BCUT2D eigenvalue weighted by Gasteiger charge is 2.70. The van der Waals surface area contributed by atoms with Gasteiger partial charge in [0.15, 0.2) is 5.92 Å². The van der Waals surface area contributed by atoms with E-state index in [0.717, 1.165) is 28.6 Å². The maximum absolute atomic E-state index is 14.9. The van der Waals surface area contributed by atoms with Crippen molar-refractivity contribution in [1.82, 2.24) is 5.06 Å². The third-order valence-electron chi connectivity index (χ3n) is 11.0. The zero-order chi connectivity index (χ0) is 41.6. The van der Waals surface area contributed by atoms with Crippen LogP contribution in [-0.4, -0.2) is 70.4 Å². The molecule has 1 unspecified atom stereocenters. The van der Waals surface area contributed by atoms with Crippen molar-refractivity contribution in [2.75, 3.05) is 17.5 Å². The van der Waals surface area contributed by atoms with E-state index in [2.05, 4.69) is 0 Å². The van der Waals surface area contributed by atoms with Crippen LogP contribution in [0.1, 0.15) is 51.7 Å². The number of benzene rings is 3. The average molecular weight is 826 g/mol. The molecule has 0 heterocycles. The molecule has 5 atom stereocenters. The van der Waals surface area contributed by atoms with Gasteiger partial charge >= 0.3 is 28.4 Å². The molecule has 14 nitrogen and oxygen atoms in total. The first kappa shape index (κ1) is 42.4. The molecule has 3 aromatic rings. The number of hydrogen-bond donors (Lipinski definition) is 0. The summed E-state index contributed by atoms with van der Waals surface area (Å²) in [6, 6.07) is 14.4. The van der Waals surface area contributed by atoms with Gasteiger partial charge in [0.05, 0.1) is 39.6 Å². The van der Waals surface area contributed by atoms with Gasteiger partial charge in [0, 0.05) is 17.5 Å². The zero-order valence-electron chi connectivity index (χ0n) is 31.3. The normalized spacial score (nSPS) is 22.3. The van der Waals surface area contributed by atoms with Gasteiger partial charge in [-0.15, -0.1) is 4.28 Å². The number of amides is 1. The van der Waals surface area contributed by atoms with Gasteiger partial charge in [0.2, 0.25) is 0 Å². The molecule has 2 fully saturated rings. The lowest BCUT2D eigenvalue weighted by Crippen LogP contribution is -2.55. The number of carbonyl (C=O) groups is 2. The van der Waals surface area contributed by atoms with Crippen LogP contribution in [-0.2, 0) is 38.7 Å². The molecule has 0 aromatic heterocycles. The van der Waals surface area contributed by atoms with Crippen LogP contribution in [0.15, 0.2) is 82.6 Å². The highest BCUT2D eigenvalue weighted by atomic mass is 32.2. The van der Waals surface area contributed by atoms with Gasteiger partial charge in [0.1, 0.15) is 6.10 Å². The Kier molecular flexibility index (Phi) is 11.6. The number of fused-ring (bicyclic) bond motifs is 2. The second kappa shape index (κ2) is 15.3. The summed E-state index contributed by atoms with van der Waals surface area (Å²) in [4.78, 5) is 36.3. The van der Waals surface area contributed by atoms with E-state index in [9.17, 15) is 49.7 Å². The molecular formula is C37H42F3N3O11S2. The van der Waals surface area contributed by atoms with Crippen LogP contribution < -0.4 is 4.31 Å². The Morgan fingerprint density at radius 1 is 0.946 bits per heavy atom. The highest BCUT2D eigenvalue weighted by molar-refractivity contribution is 7.92. The quantitative estimate of drug-likeness (QED) is 0.0975. The standard InChI is InChI=1S/C37H42F3N3O11S2/c1-7-52-34(45)41(54-56(50,51)28-15-13-25(14-16-28)43(46)47)22-30(37(38,39)40)33(44)53-32-31(29-17-18-36(32,6)35(29,4)5)42(26-20-23(2)19-24(3)21-26)55(48,49)27-11-9-8-10-12-27/h8-16,19-21,29-32H,7,17-18,22H2,1-6H3/t29-,30?,31-,32-,36+/m1/s1. The van der Waals surface area contributed by atoms with Gasteiger partial charge < -0.3 is 9.47 Å². The monoisotopic (exact) mass is 825 g/mol. The molecular weight excluding hydrogens is 784 g/mol. The second-order valence-corrected chi connectivity index (χ2v) is 18.1. The number of non-ortho nitro benzene ring substituents is 1. The maximum Gasteiger partial charge on any atom is 0.435 e. The first-order valence-electron chi connectivity index (χ1n) is 17.5. The van der Waals surface area contributed by atoms with Gasteiger partial charge in [-0.05, 0) is 92.5 Å². The number of esters is 1. The Morgan fingerprint density at radius 3 is 2.07 bits per heavy atom. The van der Waals surface area contributed by atoms with Crippen LogP contribution in [0.25, 0.3) is 0 Å². The topological polar surface area (TPSA) is 180 Å². The molecule has 0 spiro atoms. The highest BCUT2D eigenvalue weighted by Crippen LogP contribution is 2.68. The summed E-state index contributed by atoms with van der Waals surface area (Å²) in [6.07, 6.45) is -7.79. The van der Waals surface area contributed by atoms with Crippen LogP contribution in [0.5, 0.6) is 0 Å². The number of aryl methyl sites for hydroxylation is 2. The number of rotatable bonds is 13. The third kappa shape index (κ3) is 7.93. The fraction of sp³-hybridized carbons (Fsp3) is 0.459. The lowest BCUT2D eigenvalue weighted by atomic mass is 9.70. The average Bonchev–Trinajstić information content (AvgIpc) is 3.42. The molecule has 19 heteroatoms. The van der Waals surface area contributed by atoms with Crippen LogP contribution in [0.3, 0.4) is 0 Å². The third-order valence-corrected chi connectivity index (χ3v) is 14.1. The summed E-state index contributed by atoms with van der Waals surface area (Å²) >= 11 is 0. The second-order valence-electron chi connectivity index (χ2n) is 14.7. The van der Waals surface area contributed by atoms with E-state index in [-0.39, 0.29) is 15.6 Å². The lowest BCUT2D eigenvalue weighted by molar-refractivity contribution is -0.384. The van der Waals surface area contributed by atoms with E-state index in [1.54, 1.807) is 39.0 Å². The van der Waals surface area contributed by atoms with Crippen molar-refractivity contribution in [1.29, 1.82) is 0 Å². The van der Waals surface area contributed by atoms with Gasteiger partial charge in [0.25, 0.3) is 15.7 Å². The number of anilines is 1. The van der Waals surface area contributed by atoms with Gasteiger partial charge in [-0.2, -0.15) is 26.7 Å². The zero-order valence-corrected chi connectivity index (χ0v) is 33.0. The minimum absolute atomic E-state index is 0.0976. The molecule has 304 valence electrons. The molecule has 2 saturated carbocycles. The molecule has 2 bridgehead atoms. The molecule has 0 N–H and O–H groups in total. The Bertz CT molecular complexity index is 2180. The van der Waals surface area contributed by atoms with E-state index >= 15 is 0 Å². The number of carbonyl (C=O) groups excluding carboxylic acids is 2. The Morgan fingerprint density at radius 2 is 1.54 bits per heavy atom. The van der Waals surface area contributed by atoms with Gasteiger partial charge in [-0.1, -0.05) is 45.0 Å². The number of sulfonamides is 1. The van der Waals surface area contributed by atoms with Crippen molar-refractivity contribution in [3.8, 4) is 0 Å². The molecule has 0 aliphatic heterocycles. The summed E-state index contributed by atoms with van der Waals surface area (Å²) in [5.74, 6) is -5.65. The predicted octanol–water partition coefficient (Wildman–Crippen LogP) is 7.10. The number of alkyl halides is 3. The van der Waals surface area contributed by atoms with Crippen molar-refractivity contribution in [2.45, 2.75) is 82.5 Å². The number of halogens is 3. The molecule has 1 amide bonds. The van der Waals surface area contributed by atoms with Crippen molar-refractivity contribution >= 4 is 43.6 Å². The predicted molar refractivity (Wildman–Crippen MR) is 195 cm³/mol. The first-order chi connectivity index (χ1) is 26.0. The molecule has 2 aliphatic rings.